The summed E-state index contributed by atoms with van der Waals surface area (Å²) in [6.07, 6.45) is 7.54. The lowest BCUT2D eigenvalue weighted by Gasteiger charge is -2.43. The van der Waals surface area contributed by atoms with Crippen LogP contribution >= 0.6 is 0 Å². The lowest BCUT2D eigenvalue weighted by Crippen LogP contribution is -2.53. The molecule has 2 aliphatic rings. The number of pyridine rings is 1. The van der Waals surface area contributed by atoms with Crippen LogP contribution in [0.4, 0.5) is 10.5 Å². The highest BCUT2D eigenvalue weighted by atomic mass is 16.6. The molecule has 0 radical (unpaired) electrons. The Morgan fingerprint density at radius 3 is 2.63 bits per heavy atom. The SMILES string of the molecule is CC(C)(C)OC(=O)N(CC1CCC1)[C@@H]1CCCN(c2ccc(CN)nc2)C1. The normalized spacial score (nSPS) is 20.9. The van der Waals surface area contributed by atoms with Crippen molar-refractivity contribution in [1.29, 1.82) is 0 Å². The summed E-state index contributed by atoms with van der Waals surface area (Å²) in [5, 5.41) is 0. The van der Waals surface area contributed by atoms with Crippen molar-refractivity contribution in [1.82, 2.24) is 9.88 Å². The van der Waals surface area contributed by atoms with Crippen LogP contribution in [0.25, 0.3) is 0 Å². The van der Waals surface area contributed by atoms with Crippen molar-refractivity contribution in [2.24, 2.45) is 11.7 Å². The van der Waals surface area contributed by atoms with Crippen molar-refractivity contribution < 1.29 is 9.53 Å². The van der Waals surface area contributed by atoms with Crippen LogP contribution in [0.2, 0.25) is 0 Å². The molecule has 1 aliphatic carbocycles. The van der Waals surface area contributed by atoms with Crippen molar-refractivity contribution in [3.8, 4) is 0 Å². The van der Waals surface area contributed by atoms with E-state index in [-0.39, 0.29) is 12.1 Å². The molecular formula is C21H34N4O2. The van der Waals surface area contributed by atoms with Gasteiger partial charge in [0, 0.05) is 26.2 Å². The van der Waals surface area contributed by atoms with Gasteiger partial charge in [0.15, 0.2) is 0 Å². The summed E-state index contributed by atoms with van der Waals surface area (Å²) in [6.45, 7) is 8.90. The molecule has 150 valence electrons. The monoisotopic (exact) mass is 374 g/mol. The van der Waals surface area contributed by atoms with Crippen LogP contribution in [0, 0.1) is 5.92 Å². The van der Waals surface area contributed by atoms with Gasteiger partial charge in [0.2, 0.25) is 0 Å². The van der Waals surface area contributed by atoms with Crippen molar-refractivity contribution in [3.05, 3.63) is 24.0 Å². The summed E-state index contributed by atoms with van der Waals surface area (Å²) in [5.74, 6) is 0.624. The maximum atomic E-state index is 12.9. The van der Waals surface area contributed by atoms with Gasteiger partial charge in [0.1, 0.15) is 5.60 Å². The number of hydrogen-bond donors (Lipinski definition) is 1. The average molecular weight is 375 g/mol. The van der Waals surface area contributed by atoms with E-state index in [0.29, 0.717) is 12.5 Å². The van der Waals surface area contributed by atoms with E-state index in [2.05, 4.69) is 16.0 Å². The van der Waals surface area contributed by atoms with Crippen molar-refractivity contribution in [2.45, 2.75) is 71.1 Å². The number of carbonyl (C=O) groups excluding carboxylic acids is 1. The first-order valence-corrected chi connectivity index (χ1v) is 10.3. The second-order valence-corrected chi connectivity index (χ2v) is 8.88. The molecule has 1 aromatic rings. The number of nitrogens with zero attached hydrogens (tertiary/aromatic N) is 3. The largest absolute Gasteiger partial charge is 0.444 e. The molecule has 2 heterocycles. The Labute approximate surface area is 163 Å². The number of hydrogen-bond acceptors (Lipinski definition) is 5. The van der Waals surface area contributed by atoms with Crippen LogP contribution in [0.1, 0.15) is 58.6 Å². The topological polar surface area (TPSA) is 71.7 Å². The Bertz CT molecular complexity index is 622. The fraction of sp³-hybridized carbons (Fsp3) is 0.714. The van der Waals surface area contributed by atoms with Crippen LogP contribution in [0.15, 0.2) is 18.3 Å². The quantitative estimate of drug-likeness (QED) is 0.853. The molecule has 2 N–H and O–H groups in total. The minimum atomic E-state index is -0.467. The Morgan fingerprint density at radius 2 is 2.07 bits per heavy atom. The number of nitrogens with two attached hydrogens (primary N) is 1. The maximum absolute atomic E-state index is 12.9. The summed E-state index contributed by atoms with van der Waals surface area (Å²) in [7, 11) is 0. The van der Waals surface area contributed by atoms with E-state index in [9.17, 15) is 4.79 Å². The summed E-state index contributed by atoms with van der Waals surface area (Å²) in [6, 6.07) is 4.25. The fourth-order valence-corrected chi connectivity index (χ4v) is 3.81. The molecule has 3 rings (SSSR count). The van der Waals surface area contributed by atoms with E-state index < -0.39 is 5.60 Å². The van der Waals surface area contributed by atoms with E-state index in [1.807, 2.05) is 37.9 Å². The minimum absolute atomic E-state index is 0.169. The molecule has 2 fully saturated rings. The van der Waals surface area contributed by atoms with Crippen molar-refractivity contribution in [3.63, 3.8) is 0 Å². The van der Waals surface area contributed by atoms with Crippen LogP contribution in [-0.4, -0.2) is 47.3 Å². The van der Waals surface area contributed by atoms with Crippen LogP contribution in [0.5, 0.6) is 0 Å². The third kappa shape index (κ3) is 5.34. The highest BCUT2D eigenvalue weighted by molar-refractivity contribution is 5.69. The fourth-order valence-electron chi connectivity index (χ4n) is 3.81. The third-order valence-electron chi connectivity index (χ3n) is 5.53. The first-order chi connectivity index (χ1) is 12.9. The lowest BCUT2D eigenvalue weighted by atomic mass is 9.84. The van der Waals surface area contributed by atoms with Crippen LogP contribution < -0.4 is 10.6 Å². The average Bonchev–Trinajstić information content (AvgIpc) is 2.59. The zero-order valence-corrected chi connectivity index (χ0v) is 17.0. The third-order valence-corrected chi connectivity index (χ3v) is 5.53. The van der Waals surface area contributed by atoms with Gasteiger partial charge in [-0.2, -0.15) is 0 Å². The zero-order chi connectivity index (χ0) is 19.4. The van der Waals surface area contributed by atoms with Gasteiger partial charge in [-0.15, -0.1) is 0 Å². The summed E-state index contributed by atoms with van der Waals surface area (Å²) in [4.78, 5) is 21.7. The summed E-state index contributed by atoms with van der Waals surface area (Å²) >= 11 is 0. The molecule has 6 heteroatoms. The zero-order valence-electron chi connectivity index (χ0n) is 17.0. The molecule has 0 unspecified atom stereocenters. The van der Waals surface area contributed by atoms with E-state index in [4.69, 9.17) is 10.5 Å². The second-order valence-electron chi connectivity index (χ2n) is 8.88. The number of piperidine rings is 1. The number of carbonyl (C=O) groups is 1. The number of ether oxygens (including phenoxy) is 1. The Morgan fingerprint density at radius 1 is 1.30 bits per heavy atom. The van der Waals surface area contributed by atoms with Crippen LogP contribution in [-0.2, 0) is 11.3 Å². The van der Waals surface area contributed by atoms with E-state index in [1.165, 1.54) is 19.3 Å². The maximum Gasteiger partial charge on any atom is 0.410 e. The lowest BCUT2D eigenvalue weighted by molar-refractivity contribution is 0.00736. The smallest absolute Gasteiger partial charge is 0.410 e. The molecule has 0 spiro atoms. The predicted molar refractivity (Wildman–Crippen MR) is 108 cm³/mol. The minimum Gasteiger partial charge on any atom is -0.444 e. The summed E-state index contributed by atoms with van der Waals surface area (Å²) < 4.78 is 5.74. The molecule has 1 aliphatic heterocycles. The predicted octanol–water partition coefficient (Wildman–Crippen LogP) is 3.55. The molecule has 1 atom stereocenters. The Hall–Kier alpha value is -1.82. The molecular weight excluding hydrogens is 340 g/mol. The van der Waals surface area contributed by atoms with Gasteiger partial charge >= 0.3 is 6.09 Å². The first-order valence-electron chi connectivity index (χ1n) is 10.3. The number of amides is 1. The van der Waals surface area contributed by atoms with Gasteiger partial charge in [-0.05, 0) is 64.5 Å². The molecule has 1 saturated carbocycles. The van der Waals surface area contributed by atoms with E-state index in [1.54, 1.807) is 0 Å². The highest BCUT2D eigenvalue weighted by Gasteiger charge is 2.34. The van der Waals surface area contributed by atoms with Gasteiger partial charge in [-0.1, -0.05) is 6.42 Å². The van der Waals surface area contributed by atoms with Gasteiger partial charge in [-0.3, -0.25) is 4.98 Å². The number of rotatable bonds is 5. The van der Waals surface area contributed by atoms with Crippen molar-refractivity contribution in [2.75, 3.05) is 24.5 Å². The standard InChI is InChI=1S/C21H34N4O2/c1-21(2,3)27-20(26)25(14-16-6-4-7-16)19-8-5-11-24(15-19)18-10-9-17(12-22)23-13-18/h9-10,13,16,19H,4-8,11-12,14-15,22H2,1-3H3/t19-/m1/s1. The molecule has 1 aromatic heterocycles. The molecule has 0 bridgehead atoms. The van der Waals surface area contributed by atoms with E-state index >= 15 is 0 Å². The first kappa shape index (κ1) is 19.9. The number of aromatic nitrogens is 1. The molecule has 27 heavy (non-hydrogen) atoms. The Balaban J connectivity index is 1.71. The molecule has 1 amide bonds. The number of anilines is 1. The summed E-state index contributed by atoms with van der Waals surface area (Å²) in [5.41, 5.74) is 7.19. The molecule has 1 saturated heterocycles. The molecule has 0 aromatic carbocycles. The van der Waals surface area contributed by atoms with Gasteiger partial charge in [0.25, 0.3) is 0 Å². The van der Waals surface area contributed by atoms with Gasteiger partial charge in [-0.25, -0.2) is 4.79 Å². The van der Waals surface area contributed by atoms with Gasteiger partial charge < -0.3 is 20.3 Å². The highest BCUT2D eigenvalue weighted by Crippen LogP contribution is 2.30. The van der Waals surface area contributed by atoms with Crippen LogP contribution in [0.3, 0.4) is 0 Å². The van der Waals surface area contributed by atoms with E-state index in [0.717, 1.165) is 43.9 Å². The van der Waals surface area contributed by atoms with Gasteiger partial charge in [0.05, 0.1) is 23.6 Å². The van der Waals surface area contributed by atoms with Crippen molar-refractivity contribution >= 4 is 11.8 Å². The second kappa shape index (κ2) is 8.46. The Kier molecular flexibility index (Phi) is 6.25. The molecule has 6 nitrogen and oxygen atoms in total.